The first-order valence-electron chi connectivity index (χ1n) is 7.79. The smallest absolute Gasteiger partial charge is 0.123 e. The van der Waals surface area contributed by atoms with Crippen LogP contribution in [-0.2, 0) is 6.54 Å². The molecule has 4 nitrogen and oxygen atoms in total. The van der Waals surface area contributed by atoms with Gasteiger partial charge in [-0.15, -0.1) is 0 Å². The molecule has 1 heterocycles. The topological polar surface area (TPSA) is 48.3 Å². The summed E-state index contributed by atoms with van der Waals surface area (Å²) in [6.45, 7) is 6.31. The van der Waals surface area contributed by atoms with E-state index in [4.69, 9.17) is 10.00 Å². The highest BCUT2D eigenvalue weighted by Gasteiger charge is 2.18. The molecule has 21 heavy (non-hydrogen) atoms. The van der Waals surface area contributed by atoms with Crippen molar-refractivity contribution in [2.75, 3.05) is 26.7 Å². The maximum atomic E-state index is 9.08. The zero-order valence-electron chi connectivity index (χ0n) is 13.1. The van der Waals surface area contributed by atoms with Crippen LogP contribution in [-0.4, -0.2) is 37.7 Å². The molecule has 1 unspecified atom stereocenters. The molecule has 0 bridgehead atoms. The third-order valence-electron chi connectivity index (χ3n) is 3.98. The summed E-state index contributed by atoms with van der Waals surface area (Å²) >= 11 is 0. The van der Waals surface area contributed by atoms with Crippen LogP contribution >= 0.6 is 0 Å². The Balaban J connectivity index is 2.09. The molecule has 0 amide bonds. The van der Waals surface area contributed by atoms with E-state index in [2.05, 4.69) is 23.2 Å². The number of rotatable bonds is 7. The van der Waals surface area contributed by atoms with Gasteiger partial charge in [-0.1, -0.05) is 6.92 Å². The number of hydrogen-bond acceptors (Lipinski definition) is 4. The van der Waals surface area contributed by atoms with Gasteiger partial charge in [0.15, 0.2) is 0 Å². The average Bonchev–Trinajstić information content (AvgIpc) is 3.00. The summed E-state index contributed by atoms with van der Waals surface area (Å²) in [4.78, 5) is 2.46. The highest BCUT2D eigenvalue weighted by Crippen LogP contribution is 2.22. The van der Waals surface area contributed by atoms with Gasteiger partial charge >= 0.3 is 0 Å². The zero-order chi connectivity index (χ0) is 15.1. The molecule has 1 aliphatic rings. The van der Waals surface area contributed by atoms with E-state index in [1.165, 1.54) is 12.8 Å². The first-order chi connectivity index (χ1) is 10.3. The second-order valence-corrected chi connectivity index (χ2v) is 5.67. The van der Waals surface area contributed by atoms with Crippen molar-refractivity contribution in [1.29, 1.82) is 5.26 Å². The fraction of sp³-hybridized carbons (Fsp3) is 0.588. The molecule has 2 rings (SSSR count). The molecule has 1 aliphatic heterocycles. The van der Waals surface area contributed by atoms with Gasteiger partial charge in [0.2, 0.25) is 0 Å². The lowest BCUT2D eigenvalue weighted by Crippen LogP contribution is -2.37. The lowest BCUT2D eigenvalue weighted by molar-refractivity contribution is 0.238. The van der Waals surface area contributed by atoms with Crippen LogP contribution in [0.3, 0.4) is 0 Å². The van der Waals surface area contributed by atoms with Gasteiger partial charge < -0.3 is 10.1 Å². The van der Waals surface area contributed by atoms with Crippen molar-refractivity contribution in [2.24, 2.45) is 0 Å². The Morgan fingerprint density at radius 1 is 1.48 bits per heavy atom. The van der Waals surface area contributed by atoms with E-state index in [0.29, 0.717) is 11.6 Å². The summed E-state index contributed by atoms with van der Waals surface area (Å²) < 4.78 is 5.44. The van der Waals surface area contributed by atoms with Crippen LogP contribution in [0.5, 0.6) is 5.75 Å². The number of ether oxygens (including phenoxy) is 1. The molecular formula is C17H25N3O. The number of nitrogens with zero attached hydrogens (tertiary/aromatic N) is 2. The quantitative estimate of drug-likeness (QED) is 0.837. The van der Waals surface area contributed by atoms with Crippen LogP contribution in [0.4, 0.5) is 0 Å². The second kappa shape index (κ2) is 8.02. The predicted molar refractivity (Wildman–Crippen MR) is 84.3 cm³/mol. The van der Waals surface area contributed by atoms with Crippen molar-refractivity contribution < 1.29 is 4.74 Å². The van der Waals surface area contributed by atoms with Gasteiger partial charge in [0, 0.05) is 24.7 Å². The summed E-state index contributed by atoms with van der Waals surface area (Å²) in [6, 6.07) is 8.46. The van der Waals surface area contributed by atoms with E-state index >= 15 is 0 Å². The molecule has 0 saturated carbocycles. The number of nitrogens with one attached hydrogen (secondary N) is 1. The lowest BCUT2D eigenvalue weighted by Gasteiger charge is -2.26. The Morgan fingerprint density at radius 2 is 2.33 bits per heavy atom. The van der Waals surface area contributed by atoms with Crippen LogP contribution in [0.15, 0.2) is 18.2 Å². The number of benzene rings is 1. The summed E-state index contributed by atoms with van der Waals surface area (Å²) in [7, 11) is 1.69. The average molecular weight is 287 g/mol. The Hall–Kier alpha value is -1.57. The van der Waals surface area contributed by atoms with Gasteiger partial charge in [-0.2, -0.15) is 5.26 Å². The molecule has 1 fully saturated rings. The summed E-state index contributed by atoms with van der Waals surface area (Å²) in [5.74, 6) is 0.870. The minimum atomic E-state index is 0.599. The fourth-order valence-corrected chi connectivity index (χ4v) is 2.99. The van der Waals surface area contributed by atoms with Crippen molar-refractivity contribution in [3.63, 3.8) is 0 Å². The van der Waals surface area contributed by atoms with Crippen molar-refractivity contribution in [2.45, 2.75) is 38.8 Å². The largest absolute Gasteiger partial charge is 0.496 e. The lowest BCUT2D eigenvalue weighted by atomic mass is 10.1. The highest BCUT2D eigenvalue weighted by atomic mass is 16.5. The van der Waals surface area contributed by atoms with E-state index in [9.17, 15) is 0 Å². The molecular weight excluding hydrogens is 262 g/mol. The van der Waals surface area contributed by atoms with Gasteiger partial charge in [0.25, 0.3) is 0 Å². The van der Waals surface area contributed by atoms with E-state index in [1.807, 2.05) is 18.2 Å². The Bertz CT molecular complexity index is 489. The number of nitriles is 1. The summed E-state index contributed by atoms with van der Waals surface area (Å²) in [6.07, 6.45) is 3.67. The Morgan fingerprint density at radius 3 is 2.95 bits per heavy atom. The van der Waals surface area contributed by atoms with Crippen molar-refractivity contribution in [1.82, 2.24) is 10.2 Å². The third-order valence-corrected chi connectivity index (χ3v) is 3.98. The molecule has 1 N–H and O–H groups in total. The van der Waals surface area contributed by atoms with Gasteiger partial charge in [-0.25, -0.2) is 0 Å². The van der Waals surface area contributed by atoms with Gasteiger partial charge in [-0.3, -0.25) is 4.90 Å². The molecule has 4 heteroatoms. The van der Waals surface area contributed by atoms with Crippen LogP contribution < -0.4 is 10.1 Å². The summed E-state index contributed by atoms with van der Waals surface area (Å²) in [5, 5.41) is 12.6. The number of methoxy groups -OCH3 is 1. The fourth-order valence-electron chi connectivity index (χ4n) is 2.99. The molecule has 0 spiro atoms. The molecule has 1 aromatic carbocycles. The molecule has 1 saturated heterocycles. The molecule has 0 aromatic heterocycles. The normalized spacial score (nSPS) is 17.9. The Kier molecular flexibility index (Phi) is 6.04. The molecule has 114 valence electrons. The monoisotopic (exact) mass is 287 g/mol. The minimum Gasteiger partial charge on any atom is -0.496 e. The highest BCUT2D eigenvalue weighted by molar-refractivity contribution is 5.42. The van der Waals surface area contributed by atoms with Crippen molar-refractivity contribution in [3.8, 4) is 11.8 Å². The van der Waals surface area contributed by atoms with Crippen LogP contribution in [0.2, 0.25) is 0 Å². The second-order valence-electron chi connectivity index (χ2n) is 5.67. The Labute approximate surface area is 127 Å². The molecule has 0 radical (unpaired) electrons. The van der Waals surface area contributed by atoms with Crippen LogP contribution in [0.1, 0.15) is 37.3 Å². The zero-order valence-corrected chi connectivity index (χ0v) is 13.1. The standard InChI is InChI=1S/C17H25N3O/c1-3-9-20(13-16-5-4-8-19-16)12-15-10-14(11-18)6-7-17(15)21-2/h6-7,10,16,19H,3-5,8-9,12-13H2,1-2H3. The van der Waals surface area contributed by atoms with Crippen LogP contribution in [0.25, 0.3) is 0 Å². The predicted octanol–water partition coefficient (Wildman–Crippen LogP) is 2.53. The van der Waals surface area contributed by atoms with Gasteiger partial charge in [0.1, 0.15) is 5.75 Å². The molecule has 1 aromatic rings. The van der Waals surface area contributed by atoms with Crippen molar-refractivity contribution in [3.05, 3.63) is 29.3 Å². The molecule has 1 atom stereocenters. The van der Waals surface area contributed by atoms with E-state index < -0.39 is 0 Å². The summed E-state index contributed by atoms with van der Waals surface area (Å²) in [5.41, 5.74) is 1.80. The van der Waals surface area contributed by atoms with E-state index in [0.717, 1.165) is 43.9 Å². The maximum Gasteiger partial charge on any atom is 0.123 e. The van der Waals surface area contributed by atoms with E-state index in [1.54, 1.807) is 7.11 Å². The van der Waals surface area contributed by atoms with E-state index in [-0.39, 0.29) is 0 Å². The first-order valence-corrected chi connectivity index (χ1v) is 7.79. The third kappa shape index (κ3) is 4.45. The van der Waals surface area contributed by atoms with Crippen LogP contribution in [0, 0.1) is 11.3 Å². The number of hydrogen-bond donors (Lipinski definition) is 1. The van der Waals surface area contributed by atoms with Gasteiger partial charge in [0.05, 0.1) is 18.7 Å². The maximum absolute atomic E-state index is 9.08. The van der Waals surface area contributed by atoms with Crippen molar-refractivity contribution >= 4 is 0 Å². The van der Waals surface area contributed by atoms with Gasteiger partial charge in [-0.05, 0) is 50.6 Å². The first kappa shape index (κ1) is 15.8. The minimum absolute atomic E-state index is 0.599. The SMILES string of the molecule is CCCN(Cc1cc(C#N)ccc1OC)CC1CCCN1. The molecule has 0 aliphatic carbocycles.